The Morgan fingerprint density at radius 1 is 0.720 bits per heavy atom. The average molecular weight is 359 g/mol. The number of hydrogen-bond donors (Lipinski definition) is 0. The molecule has 0 aromatic heterocycles. The van der Waals surface area contributed by atoms with Gasteiger partial charge in [-0.3, -0.25) is 0 Å². The molecule has 4 heteroatoms. The van der Waals surface area contributed by atoms with Crippen molar-refractivity contribution < 1.29 is 13.2 Å². The molecule has 0 spiro atoms. The minimum absolute atomic E-state index is 0.342. The summed E-state index contributed by atoms with van der Waals surface area (Å²) in [4.78, 5) is 3.09. The molecule has 25 heavy (non-hydrogen) atoms. The SMILES string of the molecule is Cc1ccc([S+](c2ccccc2)c2ccccc2)cc1CC(F)(F)F. The fourth-order valence-corrected chi connectivity index (χ4v) is 4.84. The fraction of sp³-hybridized carbons (Fsp3) is 0.143. The minimum atomic E-state index is -4.21. The van der Waals surface area contributed by atoms with E-state index in [1.54, 1.807) is 19.1 Å². The van der Waals surface area contributed by atoms with Gasteiger partial charge in [-0.2, -0.15) is 13.2 Å². The Morgan fingerprint density at radius 2 is 1.24 bits per heavy atom. The van der Waals surface area contributed by atoms with Crippen LogP contribution >= 0.6 is 0 Å². The second-order valence-corrected chi connectivity index (χ2v) is 7.84. The molecule has 3 aromatic carbocycles. The first-order valence-corrected chi connectivity index (χ1v) is 9.17. The Balaban J connectivity index is 2.10. The Labute approximate surface area is 148 Å². The maximum Gasteiger partial charge on any atom is 0.393 e. The van der Waals surface area contributed by atoms with Gasteiger partial charge in [-0.1, -0.05) is 42.5 Å². The molecule has 128 valence electrons. The Hall–Kier alpha value is -2.20. The molecule has 0 N–H and O–H groups in total. The zero-order valence-corrected chi connectivity index (χ0v) is 14.6. The van der Waals surface area contributed by atoms with E-state index in [1.807, 2.05) is 66.7 Å². The molecule has 0 atom stereocenters. The van der Waals surface area contributed by atoms with Crippen LogP contribution < -0.4 is 0 Å². The first-order chi connectivity index (χ1) is 11.9. The first kappa shape index (κ1) is 17.6. The molecule has 0 amide bonds. The van der Waals surface area contributed by atoms with E-state index in [0.29, 0.717) is 11.1 Å². The van der Waals surface area contributed by atoms with Gasteiger partial charge < -0.3 is 0 Å². The van der Waals surface area contributed by atoms with Crippen molar-refractivity contribution in [3.63, 3.8) is 0 Å². The van der Waals surface area contributed by atoms with Gasteiger partial charge in [0.25, 0.3) is 0 Å². The molecule has 0 radical (unpaired) electrons. The number of rotatable bonds is 4. The largest absolute Gasteiger partial charge is 0.393 e. The standard InChI is InChI=1S/C21H18F3S/c1-16-12-13-20(14-17(16)15-21(22,23)24)25(18-8-4-2-5-9-18)19-10-6-3-7-11-19/h2-14H,15H2,1H3/q+1. The highest BCUT2D eigenvalue weighted by molar-refractivity contribution is 7.97. The van der Waals surface area contributed by atoms with E-state index in [4.69, 9.17) is 0 Å². The van der Waals surface area contributed by atoms with Gasteiger partial charge in [-0.05, 0) is 54.4 Å². The maximum atomic E-state index is 12.9. The van der Waals surface area contributed by atoms with Crippen LogP contribution in [0.5, 0.6) is 0 Å². The lowest BCUT2D eigenvalue weighted by molar-refractivity contribution is -0.127. The van der Waals surface area contributed by atoms with Gasteiger partial charge in [-0.25, -0.2) is 0 Å². The molecule has 0 aliphatic carbocycles. The molecule has 0 fully saturated rings. The number of benzene rings is 3. The van der Waals surface area contributed by atoms with E-state index in [2.05, 4.69) is 0 Å². The van der Waals surface area contributed by atoms with Crippen molar-refractivity contribution in [3.8, 4) is 0 Å². The van der Waals surface area contributed by atoms with Crippen molar-refractivity contribution in [2.24, 2.45) is 0 Å². The topological polar surface area (TPSA) is 0 Å². The van der Waals surface area contributed by atoms with E-state index in [-0.39, 0.29) is 0 Å². The molecule has 3 aromatic rings. The van der Waals surface area contributed by atoms with Crippen LogP contribution in [0.2, 0.25) is 0 Å². The summed E-state index contributed by atoms with van der Waals surface area (Å²) in [5, 5.41) is 0. The lowest BCUT2D eigenvalue weighted by atomic mass is 10.1. The van der Waals surface area contributed by atoms with Crippen LogP contribution in [0, 0.1) is 6.92 Å². The van der Waals surface area contributed by atoms with E-state index in [1.165, 1.54) is 0 Å². The van der Waals surface area contributed by atoms with Gasteiger partial charge in [0.05, 0.1) is 17.3 Å². The zero-order chi connectivity index (χ0) is 17.9. The van der Waals surface area contributed by atoms with Gasteiger partial charge in [0.1, 0.15) is 0 Å². The molecule has 3 rings (SSSR count). The number of aryl methyl sites for hydroxylation is 1. The second-order valence-electron chi connectivity index (χ2n) is 5.81. The summed E-state index contributed by atoms with van der Waals surface area (Å²) in [7, 11) is -0.429. The molecule has 0 saturated heterocycles. The highest BCUT2D eigenvalue weighted by atomic mass is 32.2. The van der Waals surface area contributed by atoms with Gasteiger partial charge in [-0.15, -0.1) is 0 Å². The molecule has 0 unspecified atom stereocenters. The van der Waals surface area contributed by atoms with Crippen molar-refractivity contribution in [1.29, 1.82) is 0 Å². The van der Waals surface area contributed by atoms with Crippen molar-refractivity contribution in [3.05, 3.63) is 90.0 Å². The summed E-state index contributed by atoms with van der Waals surface area (Å²) in [5.74, 6) is 0. The second kappa shape index (κ2) is 7.36. The molecular formula is C21H18F3S+. The molecule has 0 saturated carbocycles. The summed E-state index contributed by atoms with van der Waals surface area (Å²) in [6.45, 7) is 1.73. The molecule has 0 heterocycles. The van der Waals surface area contributed by atoms with Gasteiger partial charge in [0, 0.05) is 0 Å². The monoisotopic (exact) mass is 359 g/mol. The van der Waals surface area contributed by atoms with Crippen molar-refractivity contribution in [2.45, 2.75) is 34.2 Å². The zero-order valence-electron chi connectivity index (χ0n) is 13.8. The third kappa shape index (κ3) is 4.45. The third-order valence-corrected chi connectivity index (χ3v) is 6.12. The van der Waals surface area contributed by atoms with Crippen LogP contribution in [0.1, 0.15) is 11.1 Å². The predicted octanol–water partition coefficient (Wildman–Crippen LogP) is 6.20. The molecule has 0 aliphatic rings. The lowest BCUT2D eigenvalue weighted by Crippen LogP contribution is -2.13. The number of alkyl halides is 3. The summed E-state index contributed by atoms with van der Waals surface area (Å²) < 4.78 is 38.7. The predicted molar refractivity (Wildman–Crippen MR) is 96.0 cm³/mol. The summed E-state index contributed by atoms with van der Waals surface area (Å²) in [5.41, 5.74) is 1.01. The molecular weight excluding hydrogens is 341 g/mol. The Bertz CT molecular complexity index is 787. The van der Waals surface area contributed by atoms with E-state index >= 15 is 0 Å². The quantitative estimate of drug-likeness (QED) is 0.487. The highest BCUT2D eigenvalue weighted by Gasteiger charge is 2.32. The molecule has 0 aliphatic heterocycles. The molecule has 0 bridgehead atoms. The average Bonchev–Trinajstić information content (AvgIpc) is 2.59. The van der Waals surface area contributed by atoms with Crippen LogP contribution in [0.15, 0.2) is 93.5 Å². The van der Waals surface area contributed by atoms with Crippen LogP contribution in [0.25, 0.3) is 0 Å². The third-order valence-electron chi connectivity index (χ3n) is 3.91. The van der Waals surface area contributed by atoms with E-state index in [0.717, 1.165) is 14.7 Å². The van der Waals surface area contributed by atoms with E-state index in [9.17, 15) is 13.2 Å². The number of halogens is 3. The van der Waals surface area contributed by atoms with Crippen molar-refractivity contribution in [1.82, 2.24) is 0 Å². The molecule has 0 nitrogen and oxygen atoms in total. The van der Waals surface area contributed by atoms with Gasteiger partial charge >= 0.3 is 6.18 Å². The Morgan fingerprint density at radius 3 is 1.72 bits per heavy atom. The normalized spacial score (nSPS) is 11.7. The lowest BCUT2D eigenvalue weighted by Gasteiger charge is -2.12. The van der Waals surface area contributed by atoms with Crippen LogP contribution in [0.3, 0.4) is 0 Å². The minimum Gasteiger partial charge on any atom is -0.171 e. The Kier molecular flexibility index (Phi) is 5.19. The fourth-order valence-electron chi connectivity index (χ4n) is 2.70. The van der Waals surface area contributed by atoms with Crippen LogP contribution in [-0.2, 0) is 17.3 Å². The maximum absolute atomic E-state index is 12.9. The van der Waals surface area contributed by atoms with Crippen LogP contribution in [-0.4, -0.2) is 6.18 Å². The number of hydrogen-bond acceptors (Lipinski definition) is 0. The van der Waals surface area contributed by atoms with Crippen molar-refractivity contribution >= 4 is 10.9 Å². The van der Waals surface area contributed by atoms with E-state index < -0.39 is 23.5 Å². The first-order valence-electron chi connectivity index (χ1n) is 7.95. The van der Waals surface area contributed by atoms with Gasteiger partial charge in [0.15, 0.2) is 14.7 Å². The smallest absolute Gasteiger partial charge is 0.171 e. The summed E-state index contributed by atoms with van der Waals surface area (Å²) in [6, 6.07) is 25.3. The summed E-state index contributed by atoms with van der Waals surface area (Å²) >= 11 is 0. The van der Waals surface area contributed by atoms with Crippen LogP contribution in [0.4, 0.5) is 13.2 Å². The summed E-state index contributed by atoms with van der Waals surface area (Å²) in [6.07, 6.45) is -5.10. The highest BCUT2D eigenvalue weighted by Crippen LogP contribution is 2.33. The van der Waals surface area contributed by atoms with Gasteiger partial charge in [0.2, 0.25) is 0 Å². The van der Waals surface area contributed by atoms with Crippen molar-refractivity contribution in [2.75, 3.05) is 0 Å².